The van der Waals surface area contributed by atoms with E-state index < -0.39 is 0 Å². The molecule has 0 N–H and O–H groups in total. The number of hydrogen-bond acceptors (Lipinski definition) is 3. The van der Waals surface area contributed by atoms with Crippen LogP contribution in [0.15, 0.2) is 48.8 Å². The van der Waals surface area contributed by atoms with Gasteiger partial charge in [0.15, 0.2) is 0 Å². The van der Waals surface area contributed by atoms with Gasteiger partial charge in [-0.05, 0) is 80.8 Å². The summed E-state index contributed by atoms with van der Waals surface area (Å²) < 4.78 is 13.1. The van der Waals surface area contributed by atoms with E-state index in [1.165, 1.54) is 31.4 Å². The zero-order chi connectivity index (χ0) is 20.1. The zero-order valence-electron chi connectivity index (χ0n) is 17.0. The molecular weight excluding hydrogens is 365 g/mol. The lowest BCUT2D eigenvalue weighted by Crippen LogP contribution is -2.49. The number of halogens is 1. The molecule has 2 fully saturated rings. The molecule has 0 aliphatic carbocycles. The summed E-state index contributed by atoms with van der Waals surface area (Å²) in [6.45, 7) is 4.01. The second-order valence-corrected chi connectivity index (χ2v) is 8.43. The summed E-state index contributed by atoms with van der Waals surface area (Å²) in [7, 11) is 0. The van der Waals surface area contributed by atoms with Crippen molar-refractivity contribution in [3.05, 3.63) is 65.7 Å². The minimum Gasteiger partial charge on any atom is -0.339 e. The Morgan fingerprint density at radius 2 is 1.72 bits per heavy atom. The van der Waals surface area contributed by atoms with Gasteiger partial charge in [0.25, 0.3) is 5.91 Å². The van der Waals surface area contributed by atoms with Crippen molar-refractivity contribution < 1.29 is 9.18 Å². The van der Waals surface area contributed by atoms with Crippen LogP contribution in [-0.2, 0) is 6.42 Å². The Labute approximate surface area is 172 Å². The normalized spacial score (nSPS) is 21.3. The van der Waals surface area contributed by atoms with Gasteiger partial charge in [0.2, 0.25) is 0 Å². The summed E-state index contributed by atoms with van der Waals surface area (Å²) >= 11 is 0. The molecule has 1 unspecified atom stereocenters. The number of piperidine rings is 2. The zero-order valence-corrected chi connectivity index (χ0v) is 17.0. The second-order valence-electron chi connectivity index (χ2n) is 8.43. The molecule has 0 radical (unpaired) electrons. The summed E-state index contributed by atoms with van der Waals surface area (Å²) in [6.07, 6.45) is 10.2. The fourth-order valence-electron chi connectivity index (χ4n) is 4.80. The predicted octanol–water partition coefficient (Wildman–Crippen LogP) is 4.17. The number of pyridine rings is 1. The van der Waals surface area contributed by atoms with Crippen molar-refractivity contribution in [3.8, 4) is 0 Å². The van der Waals surface area contributed by atoms with Gasteiger partial charge in [0.05, 0.1) is 0 Å². The molecule has 2 aromatic rings. The predicted molar refractivity (Wildman–Crippen MR) is 112 cm³/mol. The number of aryl methyl sites for hydroxylation is 1. The number of carbonyl (C=O) groups excluding carboxylic acids is 1. The molecule has 2 aliphatic rings. The maximum atomic E-state index is 13.1. The molecule has 0 bridgehead atoms. The fourth-order valence-corrected chi connectivity index (χ4v) is 4.80. The van der Waals surface area contributed by atoms with E-state index in [-0.39, 0.29) is 11.7 Å². The Kier molecular flexibility index (Phi) is 6.55. The minimum atomic E-state index is -0.161. The Balaban J connectivity index is 1.25. The number of hydrogen-bond donors (Lipinski definition) is 0. The van der Waals surface area contributed by atoms with Crippen molar-refractivity contribution in [2.45, 2.75) is 44.6 Å². The van der Waals surface area contributed by atoms with Crippen LogP contribution in [0.25, 0.3) is 0 Å². The monoisotopic (exact) mass is 395 g/mol. The Morgan fingerprint density at radius 1 is 1.00 bits per heavy atom. The average Bonchev–Trinajstić information content (AvgIpc) is 2.79. The van der Waals surface area contributed by atoms with Gasteiger partial charge in [-0.15, -0.1) is 0 Å². The van der Waals surface area contributed by atoms with E-state index in [2.05, 4.69) is 9.88 Å². The molecule has 1 aromatic carbocycles. The molecule has 2 saturated heterocycles. The third-order valence-corrected chi connectivity index (χ3v) is 6.50. The first-order chi connectivity index (χ1) is 14.2. The lowest BCUT2D eigenvalue weighted by atomic mass is 9.89. The van der Waals surface area contributed by atoms with Crippen LogP contribution in [0, 0.1) is 11.7 Å². The summed E-state index contributed by atoms with van der Waals surface area (Å²) in [5.41, 5.74) is 1.96. The van der Waals surface area contributed by atoms with E-state index in [1.807, 2.05) is 17.0 Å². The topological polar surface area (TPSA) is 36.4 Å². The molecule has 5 heteroatoms. The van der Waals surface area contributed by atoms with Crippen LogP contribution in [-0.4, -0.2) is 52.9 Å². The lowest BCUT2D eigenvalue weighted by Gasteiger charge is -2.42. The van der Waals surface area contributed by atoms with Gasteiger partial charge in [-0.3, -0.25) is 14.7 Å². The summed E-state index contributed by atoms with van der Waals surface area (Å²) in [5.74, 6) is 0.679. The maximum Gasteiger partial charge on any atom is 0.253 e. The van der Waals surface area contributed by atoms with Crippen LogP contribution in [0.2, 0.25) is 0 Å². The number of aromatic nitrogens is 1. The minimum absolute atomic E-state index is 0.127. The van der Waals surface area contributed by atoms with Gasteiger partial charge in [-0.25, -0.2) is 4.39 Å². The van der Waals surface area contributed by atoms with Gasteiger partial charge in [-0.2, -0.15) is 0 Å². The quantitative estimate of drug-likeness (QED) is 0.762. The van der Waals surface area contributed by atoms with Crippen LogP contribution in [0.1, 0.15) is 48.0 Å². The van der Waals surface area contributed by atoms with E-state index in [0.717, 1.165) is 44.5 Å². The van der Waals surface area contributed by atoms with Gasteiger partial charge in [-0.1, -0.05) is 12.1 Å². The van der Waals surface area contributed by atoms with E-state index in [9.17, 15) is 9.18 Å². The standard InChI is InChI=1S/C24H30FN3O/c25-22-7-5-19(6-8-22)3-4-20-2-1-15-28(18-20)23-11-16-27(17-12-23)24(29)21-9-13-26-14-10-21/h5-10,13-14,20,23H,1-4,11-12,15-18H2. The molecule has 154 valence electrons. The summed E-state index contributed by atoms with van der Waals surface area (Å²) in [6, 6.07) is 11.1. The van der Waals surface area contributed by atoms with Crippen LogP contribution in [0.5, 0.6) is 0 Å². The van der Waals surface area contributed by atoms with Crippen molar-refractivity contribution in [1.82, 2.24) is 14.8 Å². The SMILES string of the molecule is O=C(c1ccncc1)N1CCC(N2CCCC(CCc3ccc(F)cc3)C2)CC1. The Hall–Kier alpha value is -2.27. The number of benzene rings is 1. The molecule has 1 aromatic heterocycles. The van der Waals surface area contributed by atoms with Gasteiger partial charge in [0.1, 0.15) is 5.82 Å². The highest BCUT2D eigenvalue weighted by Gasteiger charge is 2.30. The molecule has 3 heterocycles. The smallest absolute Gasteiger partial charge is 0.253 e. The molecule has 0 saturated carbocycles. The van der Waals surface area contributed by atoms with E-state index >= 15 is 0 Å². The third-order valence-electron chi connectivity index (χ3n) is 6.50. The first-order valence-electron chi connectivity index (χ1n) is 10.9. The number of nitrogens with zero attached hydrogens (tertiary/aromatic N) is 3. The van der Waals surface area contributed by atoms with E-state index in [0.29, 0.717) is 12.0 Å². The van der Waals surface area contributed by atoms with Crippen molar-refractivity contribution in [2.75, 3.05) is 26.2 Å². The molecule has 4 rings (SSSR count). The first-order valence-corrected chi connectivity index (χ1v) is 10.9. The highest BCUT2D eigenvalue weighted by Crippen LogP contribution is 2.27. The van der Waals surface area contributed by atoms with Crippen LogP contribution in [0.4, 0.5) is 4.39 Å². The van der Waals surface area contributed by atoms with Crippen molar-refractivity contribution in [1.29, 1.82) is 0 Å². The molecule has 0 spiro atoms. The molecule has 4 nitrogen and oxygen atoms in total. The van der Waals surface area contributed by atoms with Crippen LogP contribution in [0.3, 0.4) is 0 Å². The maximum absolute atomic E-state index is 13.1. The molecule has 1 atom stereocenters. The van der Waals surface area contributed by atoms with Crippen LogP contribution >= 0.6 is 0 Å². The van der Waals surface area contributed by atoms with Crippen LogP contribution < -0.4 is 0 Å². The van der Waals surface area contributed by atoms with E-state index in [4.69, 9.17) is 0 Å². The lowest BCUT2D eigenvalue weighted by molar-refractivity contribution is 0.0522. The largest absolute Gasteiger partial charge is 0.339 e. The highest BCUT2D eigenvalue weighted by atomic mass is 19.1. The summed E-state index contributed by atoms with van der Waals surface area (Å²) in [4.78, 5) is 21.3. The first kappa shape index (κ1) is 20.0. The Bertz CT molecular complexity index is 788. The number of likely N-dealkylation sites (tertiary alicyclic amines) is 2. The molecule has 2 aliphatic heterocycles. The van der Waals surface area contributed by atoms with Gasteiger partial charge >= 0.3 is 0 Å². The van der Waals surface area contributed by atoms with Gasteiger partial charge < -0.3 is 4.90 Å². The number of rotatable bonds is 5. The van der Waals surface area contributed by atoms with Crippen molar-refractivity contribution in [3.63, 3.8) is 0 Å². The third kappa shape index (κ3) is 5.21. The number of carbonyl (C=O) groups is 1. The molecule has 1 amide bonds. The van der Waals surface area contributed by atoms with Crippen molar-refractivity contribution in [2.24, 2.45) is 5.92 Å². The Morgan fingerprint density at radius 3 is 2.45 bits per heavy atom. The average molecular weight is 396 g/mol. The second kappa shape index (κ2) is 9.49. The number of amides is 1. The van der Waals surface area contributed by atoms with Crippen molar-refractivity contribution >= 4 is 5.91 Å². The molecule has 29 heavy (non-hydrogen) atoms. The van der Waals surface area contributed by atoms with Gasteiger partial charge in [0, 0.05) is 43.6 Å². The fraction of sp³-hybridized carbons (Fsp3) is 0.500. The highest BCUT2D eigenvalue weighted by molar-refractivity contribution is 5.94. The summed E-state index contributed by atoms with van der Waals surface area (Å²) in [5, 5.41) is 0. The van der Waals surface area contributed by atoms with E-state index in [1.54, 1.807) is 36.7 Å². The molecular formula is C24H30FN3O.